The molecule has 0 saturated heterocycles. The van der Waals surface area contributed by atoms with Crippen LogP contribution >= 0.6 is 11.3 Å². The van der Waals surface area contributed by atoms with Crippen molar-refractivity contribution in [3.63, 3.8) is 0 Å². The van der Waals surface area contributed by atoms with Crippen LogP contribution in [0.1, 0.15) is 23.3 Å². The maximum absolute atomic E-state index is 11.5. The summed E-state index contributed by atoms with van der Waals surface area (Å²) >= 11 is 1.55. The lowest BCUT2D eigenvalue weighted by atomic mass is 10.2. The molecule has 1 rings (SSSR count). The largest absolute Gasteiger partial charge is 0.385 e. The van der Waals surface area contributed by atoms with Crippen molar-refractivity contribution in [2.75, 3.05) is 20.3 Å². The summed E-state index contributed by atoms with van der Waals surface area (Å²) in [4.78, 5) is 12.5. The second-order valence-corrected chi connectivity index (χ2v) is 4.59. The highest BCUT2D eigenvalue weighted by molar-refractivity contribution is 7.10. The molecule has 0 aliphatic heterocycles. The van der Waals surface area contributed by atoms with Crippen molar-refractivity contribution in [1.82, 2.24) is 5.32 Å². The summed E-state index contributed by atoms with van der Waals surface area (Å²) in [6, 6.07) is 1.89. The molecule has 4 nitrogen and oxygen atoms in total. The van der Waals surface area contributed by atoms with Crippen molar-refractivity contribution >= 4 is 17.2 Å². The third-order valence-corrected chi connectivity index (χ3v) is 3.17. The monoisotopic (exact) mass is 267 g/mol. The van der Waals surface area contributed by atoms with Gasteiger partial charge in [-0.25, -0.2) is 0 Å². The van der Waals surface area contributed by atoms with Gasteiger partial charge in [-0.15, -0.1) is 11.3 Å². The lowest BCUT2D eigenvalue weighted by Crippen LogP contribution is -2.22. The fourth-order valence-corrected chi connectivity index (χ4v) is 2.14. The van der Waals surface area contributed by atoms with Gasteiger partial charge in [-0.3, -0.25) is 4.79 Å². The van der Waals surface area contributed by atoms with Gasteiger partial charge in [0.05, 0.1) is 6.54 Å². The second-order valence-electron chi connectivity index (χ2n) is 3.59. The van der Waals surface area contributed by atoms with Gasteiger partial charge in [0, 0.05) is 30.6 Å². The molecule has 0 aromatic carbocycles. The van der Waals surface area contributed by atoms with Crippen LogP contribution in [0.2, 0.25) is 0 Å². The molecule has 1 aromatic rings. The Labute approximate surface area is 111 Å². The zero-order chi connectivity index (χ0) is 13.2. The summed E-state index contributed by atoms with van der Waals surface area (Å²) in [5.74, 6) is 5.48. The molecule has 0 bridgehead atoms. The van der Waals surface area contributed by atoms with Crippen LogP contribution in [0, 0.1) is 11.8 Å². The van der Waals surface area contributed by atoms with Gasteiger partial charge < -0.3 is 15.2 Å². The number of carbonyl (C=O) groups is 1. The van der Waals surface area contributed by atoms with Crippen LogP contribution in [-0.2, 0) is 16.1 Å². The molecule has 1 heterocycles. The first kappa shape index (κ1) is 14.7. The number of methoxy groups -OCH3 is 1. The molecule has 0 radical (unpaired) electrons. The Morgan fingerprint density at radius 1 is 1.61 bits per heavy atom. The molecule has 0 unspecified atom stereocenters. The van der Waals surface area contributed by atoms with E-state index in [0.717, 1.165) is 16.9 Å². The SMILES string of the molecule is COCCCC(=O)NCc1sccc1C#CCO. The van der Waals surface area contributed by atoms with Gasteiger partial charge in [-0.1, -0.05) is 11.8 Å². The molecule has 0 fully saturated rings. The van der Waals surface area contributed by atoms with E-state index in [1.165, 1.54) is 0 Å². The number of hydrogen-bond acceptors (Lipinski definition) is 4. The van der Waals surface area contributed by atoms with Crippen LogP contribution in [0.25, 0.3) is 0 Å². The number of rotatable bonds is 6. The average Bonchev–Trinajstić information content (AvgIpc) is 2.81. The standard InChI is InChI=1S/C13H17NO3S/c1-17-8-3-5-13(16)14-10-12-11(4-2-7-15)6-9-18-12/h6,9,15H,3,5,7-8,10H2,1H3,(H,14,16). The highest BCUT2D eigenvalue weighted by Gasteiger charge is 2.05. The van der Waals surface area contributed by atoms with Crippen LogP contribution in [0.3, 0.4) is 0 Å². The number of carbonyl (C=O) groups excluding carboxylic acids is 1. The predicted molar refractivity (Wildman–Crippen MR) is 71.2 cm³/mol. The van der Waals surface area contributed by atoms with Crippen LogP contribution < -0.4 is 5.32 Å². The first-order valence-electron chi connectivity index (χ1n) is 5.69. The summed E-state index contributed by atoms with van der Waals surface area (Å²) in [7, 11) is 1.62. The van der Waals surface area contributed by atoms with E-state index in [1.807, 2.05) is 11.4 Å². The molecular formula is C13H17NO3S. The molecule has 0 spiro atoms. The van der Waals surface area contributed by atoms with Crippen molar-refractivity contribution in [1.29, 1.82) is 0 Å². The Morgan fingerprint density at radius 2 is 2.44 bits per heavy atom. The Bertz CT molecular complexity index is 431. The molecule has 0 aliphatic carbocycles. The summed E-state index contributed by atoms with van der Waals surface area (Å²) in [5.41, 5.74) is 0.867. The topological polar surface area (TPSA) is 58.6 Å². The van der Waals surface area contributed by atoms with Crippen molar-refractivity contribution in [2.24, 2.45) is 0 Å². The number of hydrogen-bond donors (Lipinski definition) is 2. The van der Waals surface area contributed by atoms with Gasteiger partial charge in [-0.05, 0) is 17.9 Å². The summed E-state index contributed by atoms with van der Waals surface area (Å²) in [6.07, 6.45) is 1.20. The summed E-state index contributed by atoms with van der Waals surface area (Å²) < 4.78 is 4.89. The summed E-state index contributed by atoms with van der Waals surface area (Å²) in [6.45, 7) is 0.928. The fraction of sp³-hybridized carbons (Fsp3) is 0.462. The van der Waals surface area contributed by atoms with Crippen LogP contribution in [0.15, 0.2) is 11.4 Å². The Morgan fingerprint density at radius 3 is 3.17 bits per heavy atom. The van der Waals surface area contributed by atoms with Gasteiger partial charge in [0.15, 0.2) is 0 Å². The highest BCUT2D eigenvalue weighted by Crippen LogP contribution is 2.15. The van der Waals surface area contributed by atoms with Crippen molar-refractivity contribution < 1.29 is 14.6 Å². The smallest absolute Gasteiger partial charge is 0.220 e. The second kappa shape index (κ2) is 8.70. The fourth-order valence-electron chi connectivity index (χ4n) is 1.37. The average molecular weight is 267 g/mol. The number of aliphatic hydroxyl groups excluding tert-OH is 1. The van der Waals surface area contributed by atoms with E-state index < -0.39 is 0 Å². The molecular weight excluding hydrogens is 250 g/mol. The van der Waals surface area contributed by atoms with E-state index in [1.54, 1.807) is 18.4 Å². The minimum absolute atomic E-state index is 0.0153. The van der Waals surface area contributed by atoms with Crippen molar-refractivity contribution in [2.45, 2.75) is 19.4 Å². The van der Waals surface area contributed by atoms with E-state index in [-0.39, 0.29) is 12.5 Å². The molecule has 18 heavy (non-hydrogen) atoms. The lowest BCUT2D eigenvalue weighted by molar-refractivity contribution is -0.121. The number of aliphatic hydroxyl groups is 1. The number of ether oxygens (including phenoxy) is 1. The number of thiophene rings is 1. The third-order valence-electron chi connectivity index (χ3n) is 2.25. The Balaban J connectivity index is 2.39. The molecule has 1 aromatic heterocycles. The van der Waals surface area contributed by atoms with Crippen LogP contribution in [0.5, 0.6) is 0 Å². The van der Waals surface area contributed by atoms with E-state index in [9.17, 15) is 4.79 Å². The molecule has 0 aliphatic rings. The Kier molecular flexibility index (Phi) is 7.11. The van der Waals surface area contributed by atoms with E-state index in [2.05, 4.69) is 17.2 Å². The van der Waals surface area contributed by atoms with Gasteiger partial charge >= 0.3 is 0 Å². The minimum atomic E-state index is -0.154. The first-order chi connectivity index (χ1) is 8.77. The lowest BCUT2D eigenvalue weighted by Gasteiger charge is -2.04. The van der Waals surface area contributed by atoms with Crippen LogP contribution in [-0.4, -0.2) is 31.3 Å². The zero-order valence-electron chi connectivity index (χ0n) is 10.4. The van der Waals surface area contributed by atoms with Gasteiger partial charge in [0.2, 0.25) is 5.91 Å². The molecule has 0 saturated carbocycles. The quantitative estimate of drug-likeness (QED) is 0.600. The normalized spacial score (nSPS) is 9.67. The first-order valence-corrected chi connectivity index (χ1v) is 6.57. The minimum Gasteiger partial charge on any atom is -0.385 e. The van der Waals surface area contributed by atoms with Gasteiger partial charge in [0.1, 0.15) is 6.61 Å². The predicted octanol–water partition coefficient (Wildman–Crippen LogP) is 1.13. The summed E-state index contributed by atoms with van der Waals surface area (Å²) in [5, 5.41) is 13.4. The molecule has 98 valence electrons. The van der Waals surface area contributed by atoms with Crippen molar-refractivity contribution in [3.05, 3.63) is 21.9 Å². The third kappa shape index (κ3) is 5.32. The molecule has 1 amide bonds. The number of amides is 1. The maximum Gasteiger partial charge on any atom is 0.220 e. The highest BCUT2D eigenvalue weighted by atomic mass is 32.1. The molecule has 2 N–H and O–H groups in total. The number of nitrogens with one attached hydrogen (secondary N) is 1. The van der Waals surface area contributed by atoms with E-state index in [4.69, 9.17) is 9.84 Å². The van der Waals surface area contributed by atoms with Gasteiger partial charge in [-0.2, -0.15) is 0 Å². The zero-order valence-corrected chi connectivity index (χ0v) is 11.2. The van der Waals surface area contributed by atoms with Crippen molar-refractivity contribution in [3.8, 4) is 11.8 Å². The molecule has 0 atom stereocenters. The Hall–Kier alpha value is -1.35. The van der Waals surface area contributed by atoms with E-state index >= 15 is 0 Å². The van der Waals surface area contributed by atoms with E-state index in [0.29, 0.717) is 19.6 Å². The van der Waals surface area contributed by atoms with Gasteiger partial charge in [0.25, 0.3) is 0 Å². The maximum atomic E-state index is 11.5. The van der Waals surface area contributed by atoms with Crippen LogP contribution in [0.4, 0.5) is 0 Å². The molecule has 5 heteroatoms.